The number of amides is 1. The number of carbonyl (C=O) groups is 1. The Balaban J connectivity index is 1.51. The van der Waals surface area contributed by atoms with Crippen LogP contribution in [0, 0.1) is 0 Å². The van der Waals surface area contributed by atoms with Gasteiger partial charge >= 0.3 is 6.18 Å². The molecule has 39 heavy (non-hydrogen) atoms. The number of aromatic hydroxyl groups is 1. The smallest absolute Gasteiger partial charge is 0.416 e. The highest BCUT2D eigenvalue weighted by Gasteiger charge is 2.30. The first-order chi connectivity index (χ1) is 18.3. The van der Waals surface area contributed by atoms with E-state index in [0.29, 0.717) is 17.0 Å². The molecule has 0 aliphatic rings. The van der Waals surface area contributed by atoms with Gasteiger partial charge in [0.25, 0.3) is 0 Å². The van der Waals surface area contributed by atoms with E-state index in [9.17, 15) is 28.2 Å². The van der Waals surface area contributed by atoms with Crippen molar-refractivity contribution in [3.63, 3.8) is 0 Å². The summed E-state index contributed by atoms with van der Waals surface area (Å²) in [6.07, 6.45) is -1.83. The Morgan fingerprint density at radius 3 is 2.62 bits per heavy atom. The van der Waals surface area contributed by atoms with Crippen molar-refractivity contribution in [1.29, 1.82) is 0 Å². The maximum Gasteiger partial charge on any atom is 0.416 e. The lowest BCUT2D eigenvalue weighted by molar-refractivity contribution is -0.137. The van der Waals surface area contributed by atoms with Crippen LogP contribution >= 0.6 is 11.6 Å². The van der Waals surface area contributed by atoms with E-state index in [-0.39, 0.29) is 53.2 Å². The van der Waals surface area contributed by atoms with Crippen LogP contribution in [0.2, 0.25) is 5.02 Å². The number of rotatable bonds is 9. The van der Waals surface area contributed by atoms with Gasteiger partial charge in [0, 0.05) is 25.0 Å². The lowest BCUT2D eigenvalue weighted by atomic mass is 10.1. The van der Waals surface area contributed by atoms with Gasteiger partial charge in [-0.05, 0) is 50.2 Å². The molecule has 206 valence electrons. The van der Waals surface area contributed by atoms with E-state index in [4.69, 9.17) is 16.3 Å². The molecule has 0 saturated carbocycles. The van der Waals surface area contributed by atoms with Crippen molar-refractivity contribution in [2.45, 2.75) is 38.6 Å². The predicted octanol–water partition coefficient (Wildman–Crippen LogP) is 5.62. The predicted molar refractivity (Wildman–Crippen MR) is 139 cm³/mol. The Hall–Kier alpha value is -4.03. The zero-order valence-corrected chi connectivity index (χ0v) is 21.6. The highest BCUT2D eigenvalue weighted by molar-refractivity contribution is 6.32. The van der Waals surface area contributed by atoms with E-state index >= 15 is 0 Å². The molecule has 2 aromatic carbocycles. The molecule has 9 nitrogen and oxygen atoms in total. The minimum atomic E-state index is -4.51. The minimum Gasteiger partial charge on any atom is -0.504 e. The molecular formula is C26H25ClF3N5O4. The molecule has 0 aliphatic heterocycles. The number of halogens is 4. The Bertz CT molecular complexity index is 1500. The zero-order chi connectivity index (χ0) is 28.4. The van der Waals surface area contributed by atoms with Gasteiger partial charge in [0.2, 0.25) is 5.91 Å². The van der Waals surface area contributed by atoms with E-state index in [1.807, 2.05) is 0 Å². The SMILES string of the molecule is CC(C)(O)CC(=O)NCCn1cc(O)c2ncnc(Nc3ccc(Oc4cccc(C(F)(F)F)c4)c(Cl)c3)c21. The third-order valence-electron chi connectivity index (χ3n) is 5.48. The molecule has 1 amide bonds. The van der Waals surface area contributed by atoms with Crippen LogP contribution in [0.5, 0.6) is 17.2 Å². The second kappa shape index (κ2) is 11.0. The molecule has 2 aromatic heterocycles. The first kappa shape index (κ1) is 28.0. The van der Waals surface area contributed by atoms with Gasteiger partial charge in [0.05, 0.1) is 22.6 Å². The van der Waals surface area contributed by atoms with E-state index in [1.165, 1.54) is 50.6 Å². The largest absolute Gasteiger partial charge is 0.504 e. The third-order valence-corrected chi connectivity index (χ3v) is 5.78. The van der Waals surface area contributed by atoms with Crippen molar-refractivity contribution >= 4 is 40.0 Å². The average molecular weight is 564 g/mol. The van der Waals surface area contributed by atoms with Crippen LogP contribution in [-0.2, 0) is 17.5 Å². The molecular weight excluding hydrogens is 539 g/mol. The van der Waals surface area contributed by atoms with E-state index in [1.54, 1.807) is 10.6 Å². The number of anilines is 2. The van der Waals surface area contributed by atoms with E-state index < -0.39 is 17.3 Å². The molecule has 0 spiro atoms. The van der Waals surface area contributed by atoms with Crippen LogP contribution in [0.1, 0.15) is 25.8 Å². The van der Waals surface area contributed by atoms with Crippen LogP contribution in [-0.4, -0.2) is 42.8 Å². The molecule has 0 radical (unpaired) electrons. The molecule has 0 aliphatic carbocycles. The molecule has 0 saturated heterocycles. The van der Waals surface area contributed by atoms with Crippen LogP contribution < -0.4 is 15.4 Å². The Labute approximate surface area is 226 Å². The van der Waals surface area contributed by atoms with Crippen molar-refractivity contribution in [3.8, 4) is 17.2 Å². The number of fused-ring (bicyclic) bond motifs is 1. The first-order valence-electron chi connectivity index (χ1n) is 11.7. The minimum absolute atomic E-state index is 0.0205. The lowest BCUT2D eigenvalue weighted by Gasteiger charge is -2.16. The van der Waals surface area contributed by atoms with Crippen LogP contribution in [0.3, 0.4) is 0 Å². The number of carbonyl (C=O) groups excluding carboxylic acids is 1. The van der Waals surface area contributed by atoms with Crippen LogP contribution in [0.25, 0.3) is 11.0 Å². The van der Waals surface area contributed by atoms with Crippen molar-refractivity contribution in [2.75, 3.05) is 11.9 Å². The summed E-state index contributed by atoms with van der Waals surface area (Å²) >= 11 is 6.35. The number of alkyl halides is 3. The van der Waals surface area contributed by atoms with Gasteiger partial charge in [-0.2, -0.15) is 13.2 Å². The number of aliphatic hydroxyl groups is 1. The van der Waals surface area contributed by atoms with Gasteiger partial charge in [-0.3, -0.25) is 4.79 Å². The molecule has 0 atom stereocenters. The molecule has 13 heteroatoms. The summed E-state index contributed by atoms with van der Waals surface area (Å²) in [5.41, 5.74) is -0.743. The standard InChI is InChI=1S/C26H25ClF3N5O4/c1-25(2,38)12-21(37)31-8-9-35-13-19(36)22-23(35)24(33-14-32-22)34-16-6-7-20(18(27)11-16)39-17-5-3-4-15(10-17)26(28,29)30/h3-7,10-11,13-14,36,38H,8-9,12H2,1-2H3,(H,31,37)(H,32,33,34). The number of aromatic nitrogens is 3. The van der Waals surface area contributed by atoms with Gasteiger partial charge in [-0.1, -0.05) is 17.7 Å². The summed E-state index contributed by atoms with van der Waals surface area (Å²) in [6, 6.07) is 9.08. The summed E-state index contributed by atoms with van der Waals surface area (Å²) in [5, 5.41) is 26.1. The number of nitrogens with one attached hydrogen (secondary N) is 2. The fraction of sp³-hybridized carbons (Fsp3) is 0.269. The third kappa shape index (κ3) is 7.09. The van der Waals surface area contributed by atoms with Gasteiger partial charge in [0.15, 0.2) is 11.6 Å². The average Bonchev–Trinajstić information content (AvgIpc) is 3.16. The van der Waals surface area contributed by atoms with Gasteiger partial charge in [0.1, 0.15) is 28.9 Å². The molecule has 0 bridgehead atoms. The quantitative estimate of drug-likeness (QED) is 0.208. The normalized spacial score (nSPS) is 12.0. The molecule has 4 rings (SSSR count). The van der Waals surface area contributed by atoms with Gasteiger partial charge in [-0.15, -0.1) is 0 Å². The molecule has 0 fully saturated rings. The molecule has 0 unspecified atom stereocenters. The highest BCUT2D eigenvalue weighted by atomic mass is 35.5. The number of benzene rings is 2. The number of nitrogens with zero attached hydrogens (tertiary/aromatic N) is 3. The topological polar surface area (TPSA) is 122 Å². The van der Waals surface area contributed by atoms with E-state index in [2.05, 4.69) is 20.6 Å². The number of hydrogen-bond acceptors (Lipinski definition) is 7. The number of ether oxygens (including phenoxy) is 1. The highest BCUT2D eigenvalue weighted by Crippen LogP contribution is 2.37. The van der Waals surface area contributed by atoms with E-state index in [0.717, 1.165) is 12.1 Å². The summed E-state index contributed by atoms with van der Waals surface area (Å²) in [6.45, 7) is 3.58. The van der Waals surface area contributed by atoms with Crippen molar-refractivity contribution in [3.05, 3.63) is 65.6 Å². The molecule has 2 heterocycles. The second-order valence-corrected chi connectivity index (χ2v) is 9.77. The van der Waals surface area contributed by atoms with Crippen molar-refractivity contribution in [2.24, 2.45) is 0 Å². The zero-order valence-electron chi connectivity index (χ0n) is 20.9. The fourth-order valence-corrected chi connectivity index (χ4v) is 4.03. The van der Waals surface area contributed by atoms with Gasteiger partial charge in [-0.25, -0.2) is 9.97 Å². The molecule has 4 N–H and O–H groups in total. The van der Waals surface area contributed by atoms with Crippen LogP contribution in [0.4, 0.5) is 24.7 Å². The maximum absolute atomic E-state index is 13.0. The summed E-state index contributed by atoms with van der Waals surface area (Å²) < 4.78 is 46.2. The Kier molecular flexibility index (Phi) is 7.89. The monoisotopic (exact) mass is 563 g/mol. The second-order valence-electron chi connectivity index (χ2n) is 9.36. The molecule has 4 aromatic rings. The Morgan fingerprint density at radius 2 is 1.92 bits per heavy atom. The number of hydrogen-bond donors (Lipinski definition) is 4. The lowest BCUT2D eigenvalue weighted by Crippen LogP contribution is -2.33. The van der Waals surface area contributed by atoms with Crippen molar-refractivity contribution in [1.82, 2.24) is 19.9 Å². The van der Waals surface area contributed by atoms with Crippen LogP contribution in [0.15, 0.2) is 55.0 Å². The summed E-state index contributed by atoms with van der Waals surface area (Å²) in [5.74, 6) is 0.0665. The summed E-state index contributed by atoms with van der Waals surface area (Å²) in [7, 11) is 0. The maximum atomic E-state index is 13.0. The first-order valence-corrected chi connectivity index (χ1v) is 12.1. The Morgan fingerprint density at radius 1 is 1.15 bits per heavy atom. The van der Waals surface area contributed by atoms with Gasteiger partial charge < -0.3 is 30.2 Å². The van der Waals surface area contributed by atoms with Crippen molar-refractivity contribution < 1.29 is 32.9 Å². The fourth-order valence-electron chi connectivity index (χ4n) is 3.81. The summed E-state index contributed by atoms with van der Waals surface area (Å²) in [4.78, 5) is 20.4.